The summed E-state index contributed by atoms with van der Waals surface area (Å²) >= 11 is 0. The number of hydrogen-bond acceptors (Lipinski definition) is 5. The SMILES string of the molecule is COc1cc(NC(=O)NCCO[C@@H]2CCCC[C@H]2C)c(C(=O)N2CCCC2)cc1OC. The van der Waals surface area contributed by atoms with E-state index in [0.29, 0.717) is 41.8 Å². The van der Waals surface area contributed by atoms with Gasteiger partial charge in [0.2, 0.25) is 0 Å². The summed E-state index contributed by atoms with van der Waals surface area (Å²) in [6, 6.07) is 2.87. The van der Waals surface area contributed by atoms with Crippen LogP contribution in [-0.4, -0.2) is 63.4 Å². The molecule has 3 amide bonds. The van der Waals surface area contributed by atoms with Gasteiger partial charge in [0.1, 0.15) is 0 Å². The minimum Gasteiger partial charge on any atom is -0.493 e. The van der Waals surface area contributed by atoms with Gasteiger partial charge in [-0.3, -0.25) is 4.79 Å². The maximum absolute atomic E-state index is 13.0. The molecular formula is C23H35N3O5. The molecule has 0 bridgehead atoms. The van der Waals surface area contributed by atoms with Crippen LogP contribution in [0, 0.1) is 5.92 Å². The van der Waals surface area contributed by atoms with E-state index in [1.165, 1.54) is 33.5 Å². The number of nitrogens with zero attached hydrogens (tertiary/aromatic N) is 1. The highest BCUT2D eigenvalue weighted by Gasteiger charge is 2.25. The fourth-order valence-electron chi connectivity index (χ4n) is 4.32. The van der Waals surface area contributed by atoms with Crippen LogP contribution in [0.1, 0.15) is 55.8 Å². The Morgan fingerprint density at radius 2 is 1.71 bits per heavy atom. The average Bonchev–Trinajstić information content (AvgIpc) is 3.32. The molecule has 2 aliphatic rings. The summed E-state index contributed by atoms with van der Waals surface area (Å²) in [6.45, 7) is 4.52. The molecule has 172 valence electrons. The fourth-order valence-corrected chi connectivity index (χ4v) is 4.32. The quantitative estimate of drug-likeness (QED) is 0.611. The number of amides is 3. The zero-order chi connectivity index (χ0) is 22.2. The van der Waals surface area contributed by atoms with E-state index >= 15 is 0 Å². The average molecular weight is 434 g/mol. The lowest BCUT2D eigenvalue weighted by Gasteiger charge is -2.28. The first-order valence-corrected chi connectivity index (χ1v) is 11.2. The first kappa shape index (κ1) is 23.2. The molecule has 31 heavy (non-hydrogen) atoms. The molecule has 3 rings (SSSR count). The van der Waals surface area contributed by atoms with Crippen LogP contribution in [0.3, 0.4) is 0 Å². The Hall–Kier alpha value is -2.48. The molecule has 1 saturated carbocycles. The van der Waals surface area contributed by atoms with Crippen molar-refractivity contribution in [2.24, 2.45) is 5.92 Å². The van der Waals surface area contributed by atoms with Crippen LogP contribution in [0.2, 0.25) is 0 Å². The molecule has 2 N–H and O–H groups in total. The van der Waals surface area contributed by atoms with Gasteiger partial charge < -0.3 is 29.7 Å². The highest BCUT2D eigenvalue weighted by atomic mass is 16.5. The number of carbonyl (C=O) groups excluding carboxylic acids is 2. The third-order valence-corrected chi connectivity index (χ3v) is 6.15. The third-order valence-electron chi connectivity index (χ3n) is 6.15. The van der Waals surface area contributed by atoms with Gasteiger partial charge in [-0.25, -0.2) is 4.79 Å². The number of anilines is 1. The molecule has 0 aromatic heterocycles. The minimum atomic E-state index is -0.386. The number of carbonyl (C=O) groups is 2. The zero-order valence-electron chi connectivity index (χ0n) is 18.9. The molecule has 0 unspecified atom stereocenters. The largest absolute Gasteiger partial charge is 0.493 e. The first-order chi connectivity index (χ1) is 15.0. The molecule has 0 spiro atoms. The van der Waals surface area contributed by atoms with Crippen molar-refractivity contribution in [1.29, 1.82) is 0 Å². The number of benzene rings is 1. The summed E-state index contributed by atoms with van der Waals surface area (Å²) in [5, 5.41) is 5.61. The number of ether oxygens (including phenoxy) is 3. The van der Waals surface area contributed by atoms with Gasteiger partial charge in [0, 0.05) is 25.7 Å². The normalized spacial score (nSPS) is 20.9. The van der Waals surface area contributed by atoms with Gasteiger partial charge in [-0.2, -0.15) is 0 Å². The smallest absolute Gasteiger partial charge is 0.319 e. The van der Waals surface area contributed by atoms with Crippen LogP contribution < -0.4 is 20.1 Å². The zero-order valence-corrected chi connectivity index (χ0v) is 18.9. The molecule has 1 aromatic carbocycles. The van der Waals surface area contributed by atoms with E-state index in [9.17, 15) is 9.59 Å². The summed E-state index contributed by atoms with van der Waals surface area (Å²) in [6.07, 6.45) is 7.01. The van der Waals surface area contributed by atoms with Gasteiger partial charge >= 0.3 is 6.03 Å². The van der Waals surface area contributed by atoms with Gasteiger partial charge in [-0.15, -0.1) is 0 Å². The van der Waals surface area contributed by atoms with E-state index in [4.69, 9.17) is 14.2 Å². The van der Waals surface area contributed by atoms with Crippen molar-refractivity contribution in [2.45, 2.75) is 51.6 Å². The van der Waals surface area contributed by atoms with E-state index in [2.05, 4.69) is 17.6 Å². The lowest BCUT2D eigenvalue weighted by molar-refractivity contribution is -0.00232. The molecule has 8 heteroatoms. The van der Waals surface area contributed by atoms with Gasteiger partial charge in [-0.1, -0.05) is 19.8 Å². The second kappa shape index (κ2) is 11.2. The second-order valence-electron chi connectivity index (χ2n) is 8.30. The van der Waals surface area contributed by atoms with Gasteiger partial charge in [0.25, 0.3) is 5.91 Å². The summed E-state index contributed by atoms with van der Waals surface area (Å²) in [5.41, 5.74) is 0.788. The van der Waals surface area contributed by atoms with E-state index in [0.717, 1.165) is 32.4 Å². The Labute approximate surface area is 184 Å². The summed E-state index contributed by atoms with van der Waals surface area (Å²) in [5.74, 6) is 1.34. The predicted molar refractivity (Wildman–Crippen MR) is 119 cm³/mol. The molecule has 2 atom stereocenters. The predicted octanol–water partition coefficient (Wildman–Crippen LogP) is 3.66. The van der Waals surface area contributed by atoms with Crippen LogP contribution in [0.25, 0.3) is 0 Å². The molecule has 1 aliphatic heterocycles. The Morgan fingerprint density at radius 1 is 1.03 bits per heavy atom. The minimum absolute atomic E-state index is 0.122. The highest BCUT2D eigenvalue weighted by molar-refractivity contribution is 6.04. The number of hydrogen-bond donors (Lipinski definition) is 2. The molecule has 1 saturated heterocycles. The van der Waals surface area contributed by atoms with Crippen molar-refractivity contribution in [3.8, 4) is 11.5 Å². The maximum atomic E-state index is 13.0. The van der Waals surface area contributed by atoms with Crippen LogP contribution in [0.15, 0.2) is 12.1 Å². The summed E-state index contributed by atoms with van der Waals surface area (Å²) in [4.78, 5) is 27.3. The van der Waals surface area contributed by atoms with Crippen molar-refractivity contribution in [3.05, 3.63) is 17.7 Å². The van der Waals surface area contributed by atoms with Crippen molar-refractivity contribution in [3.63, 3.8) is 0 Å². The van der Waals surface area contributed by atoms with Crippen molar-refractivity contribution >= 4 is 17.6 Å². The monoisotopic (exact) mass is 433 g/mol. The molecule has 1 aromatic rings. The fraction of sp³-hybridized carbons (Fsp3) is 0.652. The highest BCUT2D eigenvalue weighted by Crippen LogP contribution is 2.34. The Balaban J connectivity index is 1.61. The van der Waals surface area contributed by atoms with Crippen LogP contribution in [0.5, 0.6) is 11.5 Å². The third kappa shape index (κ3) is 6.03. The number of likely N-dealkylation sites (tertiary alicyclic amines) is 1. The second-order valence-corrected chi connectivity index (χ2v) is 8.30. The molecule has 0 radical (unpaired) electrons. The first-order valence-electron chi connectivity index (χ1n) is 11.2. The molecule has 2 fully saturated rings. The lowest BCUT2D eigenvalue weighted by Crippen LogP contribution is -2.35. The van der Waals surface area contributed by atoms with Crippen molar-refractivity contribution in [2.75, 3.05) is 45.8 Å². The number of urea groups is 1. The Kier molecular flexibility index (Phi) is 8.40. The topological polar surface area (TPSA) is 89.1 Å². The van der Waals surface area contributed by atoms with E-state index in [-0.39, 0.29) is 18.0 Å². The van der Waals surface area contributed by atoms with E-state index < -0.39 is 0 Å². The number of methoxy groups -OCH3 is 2. The summed E-state index contributed by atoms with van der Waals surface area (Å²) in [7, 11) is 3.04. The lowest BCUT2D eigenvalue weighted by atomic mass is 9.88. The Bertz CT molecular complexity index is 764. The van der Waals surface area contributed by atoms with Crippen LogP contribution in [0.4, 0.5) is 10.5 Å². The molecule has 1 aliphatic carbocycles. The molecule has 1 heterocycles. The standard InChI is InChI=1S/C23H35N3O5/c1-16-8-4-5-9-19(16)31-13-10-24-23(28)25-18-15-21(30-3)20(29-2)14-17(18)22(27)26-11-6-7-12-26/h14-16,19H,4-13H2,1-3H3,(H2,24,25,28)/t16-,19-/m1/s1. The van der Waals surface area contributed by atoms with Gasteiger partial charge in [-0.05, 0) is 37.7 Å². The van der Waals surface area contributed by atoms with Crippen molar-refractivity contribution < 1.29 is 23.8 Å². The number of nitrogens with one attached hydrogen (secondary N) is 2. The summed E-state index contributed by atoms with van der Waals surface area (Å²) < 4.78 is 16.7. The molecule has 8 nitrogen and oxygen atoms in total. The van der Waals surface area contributed by atoms with E-state index in [1.807, 2.05) is 0 Å². The number of rotatable bonds is 8. The maximum Gasteiger partial charge on any atom is 0.319 e. The van der Waals surface area contributed by atoms with Gasteiger partial charge in [0.15, 0.2) is 11.5 Å². The van der Waals surface area contributed by atoms with Gasteiger partial charge in [0.05, 0.1) is 38.2 Å². The molecular weight excluding hydrogens is 398 g/mol. The Morgan fingerprint density at radius 3 is 2.39 bits per heavy atom. The van der Waals surface area contributed by atoms with E-state index in [1.54, 1.807) is 17.0 Å². The van der Waals surface area contributed by atoms with Crippen LogP contribution >= 0.6 is 0 Å². The van der Waals surface area contributed by atoms with Crippen LogP contribution in [-0.2, 0) is 4.74 Å². The van der Waals surface area contributed by atoms with Crippen molar-refractivity contribution in [1.82, 2.24) is 10.2 Å².